The summed E-state index contributed by atoms with van der Waals surface area (Å²) < 4.78 is 5.71. The van der Waals surface area contributed by atoms with Gasteiger partial charge in [0.15, 0.2) is 6.10 Å². The van der Waals surface area contributed by atoms with Crippen LogP contribution < -0.4 is 9.64 Å². The number of hydrogen-bond acceptors (Lipinski definition) is 3. The van der Waals surface area contributed by atoms with E-state index in [0.29, 0.717) is 18.7 Å². The Morgan fingerprint density at radius 1 is 1.18 bits per heavy atom. The molecule has 0 saturated heterocycles. The molecule has 4 nitrogen and oxygen atoms in total. The van der Waals surface area contributed by atoms with E-state index in [4.69, 9.17) is 4.74 Å². The molecular weight excluding hydrogens is 278 g/mol. The fraction of sp³-hybridized carbons (Fsp3) is 0.278. The number of hydrogen-bond donors (Lipinski definition) is 1. The average Bonchev–Trinajstić information content (AvgIpc) is 2.54. The molecule has 1 aliphatic rings. The largest absolute Gasteiger partial charge is 0.508 e. The number of aromatic hydroxyl groups is 1. The summed E-state index contributed by atoms with van der Waals surface area (Å²) >= 11 is 0. The van der Waals surface area contributed by atoms with E-state index in [9.17, 15) is 9.90 Å². The van der Waals surface area contributed by atoms with Crippen molar-refractivity contribution in [1.82, 2.24) is 0 Å². The lowest BCUT2D eigenvalue weighted by atomic mass is 10.1. The van der Waals surface area contributed by atoms with Gasteiger partial charge >= 0.3 is 0 Å². The van der Waals surface area contributed by atoms with Gasteiger partial charge in [0.25, 0.3) is 5.91 Å². The Balaban J connectivity index is 1.86. The second kappa shape index (κ2) is 6.10. The number of rotatable bonds is 4. The van der Waals surface area contributed by atoms with Gasteiger partial charge in [0.2, 0.25) is 0 Å². The lowest BCUT2D eigenvalue weighted by molar-refractivity contribution is -0.126. The summed E-state index contributed by atoms with van der Waals surface area (Å²) in [5.41, 5.74) is 1.92. The summed E-state index contributed by atoms with van der Waals surface area (Å²) in [6.07, 6.45) is 0.907. The Hall–Kier alpha value is -2.49. The molecule has 1 atom stereocenters. The predicted molar refractivity (Wildman–Crippen MR) is 85.3 cm³/mol. The van der Waals surface area contributed by atoms with E-state index in [-0.39, 0.29) is 11.7 Å². The van der Waals surface area contributed by atoms with E-state index in [1.165, 1.54) is 5.56 Å². The molecule has 0 spiro atoms. The van der Waals surface area contributed by atoms with Gasteiger partial charge in [0.1, 0.15) is 11.5 Å². The minimum Gasteiger partial charge on any atom is -0.508 e. The van der Waals surface area contributed by atoms with Gasteiger partial charge in [0.05, 0.1) is 5.69 Å². The molecule has 0 aliphatic carbocycles. The summed E-state index contributed by atoms with van der Waals surface area (Å²) in [5.74, 6) is 0.696. The number of anilines is 1. The van der Waals surface area contributed by atoms with E-state index < -0.39 is 6.10 Å². The number of nitrogens with zero attached hydrogens (tertiary/aromatic N) is 1. The van der Waals surface area contributed by atoms with Gasteiger partial charge in [-0.2, -0.15) is 0 Å². The Morgan fingerprint density at radius 3 is 2.68 bits per heavy atom. The second-order valence-electron chi connectivity index (χ2n) is 5.39. The summed E-state index contributed by atoms with van der Waals surface area (Å²) in [6, 6.07) is 15.0. The number of amides is 1. The molecule has 0 aromatic heterocycles. The third-order valence-corrected chi connectivity index (χ3v) is 3.88. The van der Waals surface area contributed by atoms with Gasteiger partial charge in [-0.3, -0.25) is 4.79 Å². The topological polar surface area (TPSA) is 49.8 Å². The first-order chi connectivity index (χ1) is 10.7. The first kappa shape index (κ1) is 14.4. The van der Waals surface area contributed by atoms with Crippen molar-refractivity contribution in [2.75, 3.05) is 11.4 Å². The van der Waals surface area contributed by atoms with Crippen LogP contribution in [0.15, 0.2) is 48.5 Å². The number of carbonyl (C=O) groups is 1. The van der Waals surface area contributed by atoms with Crippen molar-refractivity contribution in [3.8, 4) is 11.5 Å². The van der Waals surface area contributed by atoms with Crippen LogP contribution in [0.25, 0.3) is 0 Å². The van der Waals surface area contributed by atoms with Crippen LogP contribution >= 0.6 is 0 Å². The molecule has 0 bridgehead atoms. The lowest BCUT2D eigenvalue weighted by Gasteiger charge is -2.34. The molecule has 1 aliphatic heterocycles. The Bertz CT molecular complexity index is 669. The van der Waals surface area contributed by atoms with E-state index in [1.54, 1.807) is 23.1 Å². The molecule has 1 N–H and O–H groups in total. The summed E-state index contributed by atoms with van der Waals surface area (Å²) in [5, 5.41) is 9.62. The minimum atomic E-state index is -0.481. The SMILES string of the molecule is CCC1Oc2cc(O)ccc2N(CCc2ccccc2)C1=O. The molecule has 2 aromatic carbocycles. The van der Waals surface area contributed by atoms with Crippen LogP contribution in [0.1, 0.15) is 18.9 Å². The standard InChI is InChI=1S/C18H19NO3/c1-2-16-18(21)19(11-10-13-6-4-3-5-7-13)15-9-8-14(20)12-17(15)22-16/h3-9,12,16,20H,2,10-11H2,1H3. The number of phenols is 1. The average molecular weight is 297 g/mol. The summed E-state index contributed by atoms with van der Waals surface area (Å²) in [4.78, 5) is 14.3. The van der Waals surface area contributed by atoms with Crippen molar-refractivity contribution in [3.63, 3.8) is 0 Å². The molecule has 0 saturated carbocycles. The maximum Gasteiger partial charge on any atom is 0.268 e. The second-order valence-corrected chi connectivity index (χ2v) is 5.39. The maximum atomic E-state index is 12.6. The van der Waals surface area contributed by atoms with Crippen LogP contribution in [0.5, 0.6) is 11.5 Å². The Kier molecular flexibility index (Phi) is 4.00. The molecule has 1 amide bonds. The predicted octanol–water partition coefficient (Wildman–Crippen LogP) is 3.14. The van der Waals surface area contributed by atoms with Gasteiger partial charge in [-0.15, -0.1) is 0 Å². The zero-order valence-electron chi connectivity index (χ0n) is 12.5. The molecule has 1 unspecified atom stereocenters. The van der Waals surface area contributed by atoms with Crippen LogP contribution in [0.4, 0.5) is 5.69 Å². The Labute approximate surface area is 130 Å². The molecule has 0 fully saturated rings. The number of ether oxygens (including phenoxy) is 1. The van der Waals surface area contributed by atoms with Crippen molar-refractivity contribution in [3.05, 3.63) is 54.1 Å². The fourth-order valence-electron chi connectivity index (χ4n) is 2.69. The number of fused-ring (bicyclic) bond motifs is 1. The third kappa shape index (κ3) is 2.77. The van der Waals surface area contributed by atoms with Crippen LogP contribution in [0.3, 0.4) is 0 Å². The zero-order valence-corrected chi connectivity index (χ0v) is 12.5. The number of benzene rings is 2. The van der Waals surface area contributed by atoms with E-state index >= 15 is 0 Å². The van der Waals surface area contributed by atoms with Gasteiger partial charge in [-0.25, -0.2) is 0 Å². The van der Waals surface area contributed by atoms with Gasteiger partial charge < -0.3 is 14.7 Å². The molecule has 0 radical (unpaired) electrons. The van der Waals surface area contributed by atoms with Gasteiger partial charge in [0, 0.05) is 12.6 Å². The van der Waals surface area contributed by atoms with Crippen molar-refractivity contribution in [1.29, 1.82) is 0 Å². The Morgan fingerprint density at radius 2 is 1.95 bits per heavy atom. The quantitative estimate of drug-likeness (QED) is 0.943. The monoisotopic (exact) mass is 297 g/mol. The molecule has 114 valence electrons. The highest BCUT2D eigenvalue weighted by atomic mass is 16.5. The number of phenolic OH excluding ortho intramolecular Hbond substituents is 1. The molecular formula is C18H19NO3. The molecule has 22 heavy (non-hydrogen) atoms. The van der Waals surface area contributed by atoms with Crippen LogP contribution in [-0.4, -0.2) is 23.7 Å². The molecule has 1 heterocycles. The van der Waals surface area contributed by atoms with Crippen molar-refractivity contribution < 1.29 is 14.6 Å². The number of carbonyl (C=O) groups excluding carboxylic acids is 1. The highest BCUT2D eigenvalue weighted by molar-refractivity contribution is 6.00. The van der Waals surface area contributed by atoms with Crippen molar-refractivity contribution >= 4 is 11.6 Å². The van der Waals surface area contributed by atoms with E-state index in [1.807, 2.05) is 25.1 Å². The van der Waals surface area contributed by atoms with Crippen molar-refractivity contribution in [2.45, 2.75) is 25.9 Å². The molecule has 2 aromatic rings. The van der Waals surface area contributed by atoms with E-state index in [2.05, 4.69) is 12.1 Å². The minimum absolute atomic E-state index is 0.0170. The van der Waals surface area contributed by atoms with Crippen LogP contribution in [-0.2, 0) is 11.2 Å². The highest BCUT2D eigenvalue weighted by Crippen LogP contribution is 2.37. The summed E-state index contributed by atoms with van der Waals surface area (Å²) in [6.45, 7) is 2.52. The van der Waals surface area contributed by atoms with Gasteiger partial charge in [-0.05, 0) is 30.5 Å². The smallest absolute Gasteiger partial charge is 0.268 e. The van der Waals surface area contributed by atoms with Crippen molar-refractivity contribution in [2.24, 2.45) is 0 Å². The molecule has 4 heteroatoms. The maximum absolute atomic E-state index is 12.6. The fourth-order valence-corrected chi connectivity index (χ4v) is 2.69. The van der Waals surface area contributed by atoms with E-state index in [0.717, 1.165) is 12.1 Å². The van der Waals surface area contributed by atoms with Gasteiger partial charge in [-0.1, -0.05) is 37.3 Å². The third-order valence-electron chi connectivity index (χ3n) is 3.88. The summed E-state index contributed by atoms with van der Waals surface area (Å²) in [7, 11) is 0. The first-order valence-corrected chi connectivity index (χ1v) is 7.54. The highest BCUT2D eigenvalue weighted by Gasteiger charge is 2.33. The zero-order chi connectivity index (χ0) is 15.5. The molecule has 3 rings (SSSR count). The van der Waals surface area contributed by atoms with Crippen LogP contribution in [0, 0.1) is 0 Å². The lowest BCUT2D eigenvalue weighted by Crippen LogP contribution is -2.46. The normalized spacial score (nSPS) is 17.0. The van der Waals surface area contributed by atoms with Crippen LogP contribution in [0.2, 0.25) is 0 Å². The first-order valence-electron chi connectivity index (χ1n) is 7.54.